The van der Waals surface area contributed by atoms with Crippen molar-refractivity contribution >= 4 is 46.2 Å². The van der Waals surface area contributed by atoms with Crippen molar-refractivity contribution in [1.29, 1.82) is 0 Å². The van der Waals surface area contributed by atoms with Crippen LogP contribution in [0.5, 0.6) is 0 Å². The van der Waals surface area contributed by atoms with Gasteiger partial charge in [0.05, 0.1) is 22.2 Å². The first-order valence-electron chi connectivity index (χ1n) is 7.03. The standard InChI is InChI=1S/C14H19ClN4O3S/c1-4-18(8-13(20)16-9(2)3)14(23)17-12-7-10(19(21)22)5-6-11(12)15/h5-7,9H,4,8H2,1-3H3,(H,16,20)(H,17,23). The lowest BCUT2D eigenvalue weighted by atomic mass is 10.3. The van der Waals surface area contributed by atoms with E-state index < -0.39 is 4.92 Å². The van der Waals surface area contributed by atoms with Crippen LogP contribution in [0.2, 0.25) is 5.02 Å². The molecule has 0 saturated carbocycles. The van der Waals surface area contributed by atoms with Gasteiger partial charge in [-0.1, -0.05) is 11.6 Å². The fourth-order valence-corrected chi connectivity index (χ4v) is 2.25. The molecule has 0 radical (unpaired) electrons. The van der Waals surface area contributed by atoms with Crippen LogP contribution in [0.3, 0.4) is 0 Å². The quantitative estimate of drug-likeness (QED) is 0.462. The molecular formula is C14H19ClN4O3S. The van der Waals surface area contributed by atoms with Crippen molar-refractivity contribution in [2.45, 2.75) is 26.8 Å². The van der Waals surface area contributed by atoms with Crippen LogP contribution in [0.15, 0.2) is 18.2 Å². The van der Waals surface area contributed by atoms with Crippen LogP contribution >= 0.6 is 23.8 Å². The minimum Gasteiger partial charge on any atom is -0.352 e. The van der Waals surface area contributed by atoms with E-state index in [0.717, 1.165) is 0 Å². The maximum atomic E-state index is 11.8. The first kappa shape index (κ1) is 19.1. The van der Waals surface area contributed by atoms with Gasteiger partial charge in [-0.3, -0.25) is 14.9 Å². The summed E-state index contributed by atoms with van der Waals surface area (Å²) in [4.78, 5) is 23.8. The first-order chi connectivity index (χ1) is 10.7. The number of anilines is 1. The Morgan fingerprint density at radius 2 is 2.13 bits per heavy atom. The number of nitro benzene ring substituents is 1. The molecule has 0 aromatic heterocycles. The molecule has 9 heteroatoms. The highest BCUT2D eigenvalue weighted by Crippen LogP contribution is 2.26. The number of nitrogens with zero attached hydrogens (tertiary/aromatic N) is 2. The molecular weight excluding hydrogens is 340 g/mol. The van der Waals surface area contributed by atoms with E-state index in [-0.39, 0.29) is 29.3 Å². The van der Waals surface area contributed by atoms with Crippen LogP contribution < -0.4 is 10.6 Å². The molecule has 0 unspecified atom stereocenters. The number of amides is 1. The lowest BCUT2D eigenvalue weighted by Crippen LogP contribution is -2.44. The van der Waals surface area contributed by atoms with Crippen molar-refractivity contribution in [1.82, 2.24) is 10.2 Å². The number of carbonyl (C=O) groups excluding carboxylic acids is 1. The van der Waals surface area contributed by atoms with E-state index in [1.165, 1.54) is 18.2 Å². The summed E-state index contributed by atoms with van der Waals surface area (Å²) in [6, 6.07) is 4.07. The number of nitrogens with one attached hydrogen (secondary N) is 2. The Labute approximate surface area is 145 Å². The van der Waals surface area contributed by atoms with Gasteiger partial charge in [0.25, 0.3) is 5.69 Å². The highest BCUT2D eigenvalue weighted by molar-refractivity contribution is 7.80. The third-order valence-corrected chi connectivity index (χ3v) is 3.55. The van der Waals surface area contributed by atoms with Crippen molar-refractivity contribution in [3.05, 3.63) is 33.3 Å². The van der Waals surface area contributed by atoms with Gasteiger partial charge in [-0.2, -0.15) is 0 Å². The van der Waals surface area contributed by atoms with Crippen molar-refractivity contribution in [3.63, 3.8) is 0 Å². The molecule has 2 N–H and O–H groups in total. The lowest BCUT2D eigenvalue weighted by Gasteiger charge is -2.24. The molecule has 1 aromatic carbocycles. The molecule has 7 nitrogen and oxygen atoms in total. The molecule has 126 valence electrons. The Balaban J connectivity index is 2.82. The van der Waals surface area contributed by atoms with Crippen molar-refractivity contribution in [2.75, 3.05) is 18.4 Å². The number of hydrogen-bond donors (Lipinski definition) is 2. The van der Waals surface area contributed by atoms with Gasteiger partial charge < -0.3 is 15.5 Å². The van der Waals surface area contributed by atoms with Crippen LogP contribution in [0, 0.1) is 10.1 Å². The normalized spacial score (nSPS) is 10.3. The number of non-ortho nitro benzene ring substituents is 1. The Hall–Kier alpha value is -1.93. The maximum Gasteiger partial charge on any atom is 0.271 e. The third kappa shape index (κ3) is 5.99. The first-order valence-corrected chi connectivity index (χ1v) is 7.82. The van der Waals surface area contributed by atoms with Crippen molar-refractivity contribution in [2.24, 2.45) is 0 Å². The monoisotopic (exact) mass is 358 g/mol. The zero-order chi connectivity index (χ0) is 17.6. The topological polar surface area (TPSA) is 87.5 Å². The number of benzene rings is 1. The predicted molar refractivity (Wildman–Crippen MR) is 94.9 cm³/mol. The van der Waals surface area contributed by atoms with E-state index in [1.807, 2.05) is 20.8 Å². The Bertz CT molecular complexity index is 610. The van der Waals surface area contributed by atoms with Gasteiger partial charge >= 0.3 is 0 Å². The lowest BCUT2D eigenvalue weighted by molar-refractivity contribution is -0.384. The number of nitro groups is 1. The van der Waals surface area contributed by atoms with Gasteiger partial charge in [-0.25, -0.2) is 0 Å². The largest absolute Gasteiger partial charge is 0.352 e. The average molecular weight is 359 g/mol. The number of thiocarbonyl (C=S) groups is 1. The van der Waals surface area contributed by atoms with Gasteiger partial charge in [0.1, 0.15) is 0 Å². The van der Waals surface area contributed by atoms with Crippen LogP contribution in [0.4, 0.5) is 11.4 Å². The number of likely N-dealkylation sites (N-methyl/N-ethyl adjacent to an activating group) is 1. The second-order valence-corrected chi connectivity index (χ2v) is 5.88. The molecule has 23 heavy (non-hydrogen) atoms. The van der Waals surface area contributed by atoms with Gasteiger partial charge in [0.2, 0.25) is 5.91 Å². The Morgan fingerprint density at radius 3 is 2.65 bits per heavy atom. The molecule has 0 bridgehead atoms. The number of rotatable bonds is 6. The summed E-state index contributed by atoms with van der Waals surface area (Å²) < 4.78 is 0. The van der Waals surface area contributed by atoms with E-state index >= 15 is 0 Å². The van der Waals surface area contributed by atoms with E-state index in [9.17, 15) is 14.9 Å². The molecule has 0 atom stereocenters. The second-order valence-electron chi connectivity index (χ2n) is 5.09. The molecule has 0 aliphatic heterocycles. The summed E-state index contributed by atoms with van der Waals surface area (Å²) in [7, 11) is 0. The average Bonchev–Trinajstić information content (AvgIpc) is 2.45. The maximum absolute atomic E-state index is 11.8. The Kier molecular flexibility index (Phi) is 7.18. The van der Waals surface area contributed by atoms with Crippen molar-refractivity contribution in [3.8, 4) is 0 Å². The summed E-state index contributed by atoms with van der Waals surface area (Å²) in [5, 5.41) is 17.0. The Morgan fingerprint density at radius 1 is 1.48 bits per heavy atom. The molecule has 1 rings (SSSR count). The molecule has 0 fully saturated rings. The zero-order valence-corrected chi connectivity index (χ0v) is 14.7. The molecule has 1 aromatic rings. The summed E-state index contributed by atoms with van der Waals surface area (Å²) in [6.45, 7) is 6.18. The van der Waals surface area contributed by atoms with Gasteiger partial charge in [0.15, 0.2) is 5.11 Å². The summed E-state index contributed by atoms with van der Waals surface area (Å²) in [6.07, 6.45) is 0. The van der Waals surface area contributed by atoms with E-state index in [4.69, 9.17) is 23.8 Å². The van der Waals surface area contributed by atoms with Crippen LogP contribution in [-0.4, -0.2) is 40.0 Å². The molecule has 0 aliphatic carbocycles. The predicted octanol–water partition coefficient (Wildman–Crippen LogP) is 2.79. The fourth-order valence-electron chi connectivity index (χ4n) is 1.79. The summed E-state index contributed by atoms with van der Waals surface area (Å²) in [5.41, 5.74) is 0.230. The molecule has 0 aliphatic rings. The molecule has 0 saturated heterocycles. The number of hydrogen-bond acceptors (Lipinski definition) is 4. The molecule has 1 amide bonds. The summed E-state index contributed by atoms with van der Waals surface area (Å²) >= 11 is 11.3. The molecule has 0 heterocycles. The van der Waals surface area contributed by atoms with Gasteiger partial charge in [-0.05, 0) is 39.1 Å². The minimum absolute atomic E-state index is 0.0361. The number of carbonyl (C=O) groups is 1. The van der Waals surface area contributed by atoms with Gasteiger partial charge in [-0.15, -0.1) is 0 Å². The van der Waals surface area contributed by atoms with Crippen LogP contribution in [-0.2, 0) is 4.79 Å². The SMILES string of the molecule is CCN(CC(=O)NC(C)C)C(=S)Nc1cc([N+](=O)[O-])ccc1Cl. The van der Waals surface area contributed by atoms with Crippen molar-refractivity contribution < 1.29 is 9.72 Å². The van der Waals surface area contributed by atoms with E-state index in [1.54, 1.807) is 4.90 Å². The second kappa shape index (κ2) is 8.64. The molecule has 0 spiro atoms. The highest BCUT2D eigenvalue weighted by atomic mass is 35.5. The zero-order valence-electron chi connectivity index (χ0n) is 13.1. The number of halogens is 1. The van der Waals surface area contributed by atoms with Crippen LogP contribution in [0.1, 0.15) is 20.8 Å². The van der Waals surface area contributed by atoms with Crippen LogP contribution in [0.25, 0.3) is 0 Å². The minimum atomic E-state index is -0.516. The third-order valence-electron chi connectivity index (χ3n) is 2.86. The van der Waals surface area contributed by atoms with E-state index in [0.29, 0.717) is 17.3 Å². The smallest absolute Gasteiger partial charge is 0.271 e. The van der Waals surface area contributed by atoms with E-state index in [2.05, 4.69) is 10.6 Å². The fraction of sp³-hybridized carbons (Fsp3) is 0.429. The van der Waals surface area contributed by atoms with Gasteiger partial charge in [0, 0.05) is 24.7 Å². The summed E-state index contributed by atoms with van der Waals surface area (Å²) in [5.74, 6) is -0.156. The highest BCUT2D eigenvalue weighted by Gasteiger charge is 2.16.